The van der Waals surface area contributed by atoms with Gasteiger partial charge in [-0.2, -0.15) is 0 Å². The molecule has 0 bridgehead atoms. The molecule has 2 N–H and O–H groups in total. The maximum atomic E-state index is 6.12. The SMILES string of the molecule is CC1CCN(CC2(N)CC2)CC1C. The lowest BCUT2D eigenvalue weighted by molar-refractivity contribution is 0.129. The Kier molecular flexibility index (Phi) is 2.37. The molecular formula is C11H22N2. The van der Waals surface area contributed by atoms with Crippen molar-refractivity contribution in [1.82, 2.24) is 4.90 Å². The van der Waals surface area contributed by atoms with Crippen molar-refractivity contribution in [2.45, 2.75) is 38.6 Å². The zero-order valence-corrected chi connectivity index (χ0v) is 8.92. The molecule has 2 atom stereocenters. The van der Waals surface area contributed by atoms with E-state index in [9.17, 15) is 0 Å². The average molecular weight is 182 g/mol. The Labute approximate surface area is 81.5 Å². The third-order valence-electron chi connectivity index (χ3n) is 3.85. The summed E-state index contributed by atoms with van der Waals surface area (Å²) in [5, 5.41) is 0. The molecule has 0 radical (unpaired) electrons. The minimum Gasteiger partial charge on any atom is -0.324 e. The van der Waals surface area contributed by atoms with E-state index in [0.29, 0.717) is 0 Å². The third kappa shape index (κ3) is 2.23. The van der Waals surface area contributed by atoms with Gasteiger partial charge in [-0.25, -0.2) is 0 Å². The molecule has 13 heavy (non-hydrogen) atoms. The number of nitrogens with zero attached hydrogens (tertiary/aromatic N) is 1. The van der Waals surface area contributed by atoms with Crippen molar-refractivity contribution in [3.63, 3.8) is 0 Å². The highest BCUT2D eigenvalue weighted by Crippen LogP contribution is 2.34. The highest BCUT2D eigenvalue weighted by atomic mass is 15.2. The van der Waals surface area contributed by atoms with Gasteiger partial charge in [-0.1, -0.05) is 13.8 Å². The summed E-state index contributed by atoms with van der Waals surface area (Å²) in [7, 11) is 0. The van der Waals surface area contributed by atoms with Gasteiger partial charge in [-0.15, -0.1) is 0 Å². The summed E-state index contributed by atoms with van der Waals surface area (Å²) in [6, 6.07) is 0. The molecule has 2 fully saturated rings. The first kappa shape index (κ1) is 9.47. The fourth-order valence-electron chi connectivity index (χ4n) is 2.26. The number of hydrogen-bond donors (Lipinski definition) is 1. The van der Waals surface area contributed by atoms with Crippen molar-refractivity contribution in [1.29, 1.82) is 0 Å². The van der Waals surface area contributed by atoms with E-state index >= 15 is 0 Å². The predicted octanol–water partition coefficient (Wildman–Crippen LogP) is 1.46. The fourth-order valence-corrected chi connectivity index (χ4v) is 2.26. The zero-order valence-electron chi connectivity index (χ0n) is 8.92. The van der Waals surface area contributed by atoms with E-state index in [1.165, 1.54) is 32.4 Å². The molecule has 1 aliphatic carbocycles. The van der Waals surface area contributed by atoms with Crippen LogP contribution in [0, 0.1) is 11.8 Å². The molecule has 2 unspecified atom stereocenters. The first-order chi connectivity index (χ1) is 6.09. The lowest BCUT2D eigenvalue weighted by atomic mass is 9.88. The van der Waals surface area contributed by atoms with Crippen molar-refractivity contribution in [2.24, 2.45) is 17.6 Å². The second kappa shape index (κ2) is 3.25. The summed E-state index contributed by atoms with van der Waals surface area (Å²) in [6.45, 7) is 8.42. The van der Waals surface area contributed by atoms with Gasteiger partial charge < -0.3 is 10.6 Å². The first-order valence-electron chi connectivity index (χ1n) is 5.60. The summed E-state index contributed by atoms with van der Waals surface area (Å²) < 4.78 is 0. The number of likely N-dealkylation sites (tertiary alicyclic amines) is 1. The molecule has 0 amide bonds. The molecule has 1 saturated carbocycles. The van der Waals surface area contributed by atoms with Crippen molar-refractivity contribution in [3.05, 3.63) is 0 Å². The summed E-state index contributed by atoms with van der Waals surface area (Å²) in [4.78, 5) is 2.57. The van der Waals surface area contributed by atoms with Crippen molar-refractivity contribution < 1.29 is 0 Å². The smallest absolute Gasteiger partial charge is 0.0284 e. The van der Waals surface area contributed by atoms with Gasteiger partial charge >= 0.3 is 0 Å². The number of piperidine rings is 1. The molecule has 1 heterocycles. The average Bonchev–Trinajstić information content (AvgIpc) is 2.76. The van der Waals surface area contributed by atoms with Crippen LogP contribution in [0.15, 0.2) is 0 Å². The topological polar surface area (TPSA) is 29.3 Å². The molecule has 76 valence electrons. The molecule has 0 aromatic carbocycles. The Balaban J connectivity index is 1.81. The van der Waals surface area contributed by atoms with E-state index in [4.69, 9.17) is 5.73 Å². The van der Waals surface area contributed by atoms with Crippen LogP contribution in [-0.2, 0) is 0 Å². The van der Waals surface area contributed by atoms with Crippen molar-refractivity contribution in [3.8, 4) is 0 Å². The molecule has 2 heteroatoms. The van der Waals surface area contributed by atoms with Gasteiger partial charge in [0.05, 0.1) is 0 Å². The Bertz CT molecular complexity index is 187. The quantitative estimate of drug-likeness (QED) is 0.700. The van der Waals surface area contributed by atoms with E-state index in [1.54, 1.807) is 0 Å². The normalized spacial score (nSPS) is 39.0. The molecular weight excluding hydrogens is 160 g/mol. The minimum absolute atomic E-state index is 0.209. The van der Waals surface area contributed by atoms with Crippen LogP contribution in [0.3, 0.4) is 0 Å². The minimum atomic E-state index is 0.209. The Hall–Kier alpha value is -0.0800. The standard InChI is InChI=1S/C11H22N2/c1-9-3-6-13(7-10(9)2)8-11(12)4-5-11/h9-10H,3-8,12H2,1-2H3. The summed E-state index contributed by atoms with van der Waals surface area (Å²) in [6.07, 6.45) is 3.85. The summed E-state index contributed by atoms with van der Waals surface area (Å²) in [5.41, 5.74) is 6.32. The van der Waals surface area contributed by atoms with Crippen LogP contribution in [0.1, 0.15) is 33.1 Å². The Morgan fingerprint density at radius 3 is 2.54 bits per heavy atom. The van der Waals surface area contributed by atoms with Crippen molar-refractivity contribution >= 4 is 0 Å². The molecule has 1 aliphatic heterocycles. The van der Waals surface area contributed by atoms with Crippen LogP contribution in [0.25, 0.3) is 0 Å². The molecule has 1 saturated heterocycles. The molecule has 2 aliphatic rings. The van der Waals surface area contributed by atoms with Crippen LogP contribution in [0.4, 0.5) is 0 Å². The number of nitrogens with two attached hydrogens (primary N) is 1. The lowest BCUT2D eigenvalue weighted by Gasteiger charge is -2.36. The van der Waals surface area contributed by atoms with Crippen LogP contribution < -0.4 is 5.73 Å². The number of hydrogen-bond acceptors (Lipinski definition) is 2. The van der Waals surface area contributed by atoms with Gasteiger partial charge in [0.1, 0.15) is 0 Å². The van der Waals surface area contributed by atoms with Crippen LogP contribution in [0.2, 0.25) is 0 Å². The highest BCUT2D eigenvalue weighted by Gasteiger charge is 2.40. The molecule has 2 rings (SSSR count). The van der Waals surface area contributed by atoms with Crippen LogP contribution in [0.5, 0.6) is 0 Å². The van der Waals surface area contributed by atoms with Gasteiger partial charge in [0.15, 0.2) is 0 Å². The van der Waals surface area contributed by atoms with Gasteiger partial charge in [0, 0.05) is 18.6 Å². The largest absolute Gasteiger partial charge is 0.324 e. The van der Waals surface area contributed by atoms with Gasteiger partial charge in [-0.3, -0.25) is 0 Å². The van der Waals surface area contributed by atoms with E-state index in [2.05, 4.69) is 18.7 Å². The molecule has 2 nitrogen and oxygen atoms in total. The van der Waals surface area contributed by atoms with Gasteiger partial charge in [0.2, 0.25) is 0 Å². The van der Waals surface area contributed by atoms with Crippen LogP contribution in [-0.4, -0.2) is 30.1 Å². The Morgan fingerprint density at radius 1 is 1.31 bits per heavy atom. The Morgan fingerprint density at radius 2 is 2.00 bits per heavy atom. The number of rotatable bonds is 2. The second-order valence-corrected chi connectivity index (χ2v) is 5.34. The fraction of sp³-hybridized carbons (Fsp3) is 1.00. The summed E-state index contributed by atoms with van der Waals surface area (Å²) in [5.74, 6) is 1.76. The maximum Gasteiger partial charge on any atom is 0.0284 e. The third-order valence-corrected chi connectivity index (χ3v) is 3.85. The molecule has 0 spiro atoms. The molecule has 0 aromatic heterocycles. The van der Waals surface area contributed by atoms with Crippen molar-refractivity contribution in [2.75, 3.05) is 19.6 Å². The monoisotopic (exact) mass is 182 g/mol. The second-order valence-electron chi connectivity index (χ2n) is 5.34. The maximum absolute atomic E-state index is 6.12. The highest BCUT2D eigenvalue weighted by molar-refractivity contribution is 5.01. The zero-order chi connectivity index (χ0) is 9.47. The lowest BCUT2D eigenvalue weighted by Crippen LogP contribution is -2.45. The van der Waals surface area contributed by atoms with Crippen LogP contribution >= 0.6 is 0 Å². The van der Waals surface area contributed by atoms with Gasteiger partial charge in [0.25, 0.3) is 0 Å². The summed E-state index contributed by atoms with van der Waals surface area (Å²) >= 11 is 0. The van der Waals surface area contributed by atoms with E-state index < -0.39 is 0 Å². The van der Waals surface area contributed by atoms with E-state index in [1.807, 2.05) is 0 Å². The van der Waals surface area contributed by atoms with Gasteiger partial charge in [-0.05, 0) is 37.6 Å². The first-order valence-corrected chi connectivity index (χ1v) is 5.60. The molecule has 0 aromatic rings. The van der Waals surface area contributed by atoms with E-state index in [0.717, 1.165) is 18.4 Å². The van der Waals surface area contributed by atoms with E-state index in [-0.39, 0.29) is 5.54 Å². The predicted molar refractivity (Wildman–Crippen MR) is 55.5 cm³/mol.